The fraction of sp³-hybridized carbons (Fsp3) is 0.167. The molecule has 4 rings (SSSR count). The zero-order valence-corrected chi connectivity index (χ0v) is 15.8. The van der Waals surface area contributed by atoms with Gasteiger partial charge in [0.2, 0.25) is 0 Å². The monoisotopic (exact) mass is 354 g/mol. The maximum atomic E-state index is 13.2. The van der Waals surface area contributed by atoms with Gasteiger partial charge in [-0.2, -0.15) is 0 Å². The van der Waals surface area contributed by atoms with Gasteiger partial charge in [0.25, 0.3) is 5.91 Å². The Bertz CT molecular complexity index is 1030. The number of nitrogens with zero attached hydrogens (tertiary/aromatic N) is 2. The summed E-state index contributed by atoms with van der Waals surface area (Å²) in [5.74, 6) is -0.0939. The van der Waals surface area contributed by atoms with Crippen LogP contribution in [0.4, 0.5) is 17.1 Å². The second-order valence-corrected chi connectivity index (χ2v) is 7.75. The normalized spacial score (nSPS) is 15.3. The average molecular weight is 354 g/mol. The van der Waals surface area contributed by atoms with Crippen molar-refractivity contribution in [2.24, 2.45) is 4.99 Å². The molecule has 0 bridgehead atoms. The van der Waals surface area contributed by atoms with Gasteiger partial charge in [0, 0.05) is 11.3 Å². The molecule has 3 aromatic rings. The summed E-state index contributed by atoms with van der Waals surface area (Å²) in [4.78, 5) is 19.7. The van der Waals surface area contributed by atoms with Crippen LogP contribution in [0.1, 0.15) is 31.9 Å². The third kappa shape index (κ3) is 3.17. The summed E-state index contributed by atoms with van der Waals surface area (Å²) in [6.07, 6.45) is 0. The third-order valence-corrected chi connectivity index (χ3v) is 4.77. The maximum Gasteiger partial charge on any atom is 0.282 e. The maximum absolute atomic E-state index is 13.2. The van der Waals surface area contributed by atoms with Crippen molar-refractivity contribution in [3.8, 4) is 0 Å². The minimum Gasteiger partial charge on any atom is -0.275 e. The van der Waals surface area contributed by atoms with E-state index in [9.17, 15) is 4.79 Å². The van der Waals surface area contributed by atoms with Crippen LogP contribution in [0, 0.1) is 0 Å². The summed E-state index contributed by atoms with van der Waals surface area (Å²) in [6, 6.07) is 25.6. The zero-order chi connectivity index (χ0) is 19.0. The molecule has 0 fully saturated rings. The quantitative estimate of drug-likeness (QED) is 0.574. The molecule has 0 unspecified atom stereocenters. The van der Waals surface area contributed by atoms with Crippen molar-refractivity contribution in [2.75, 3.05) is 4.90 Å². The Morgan fingerprint density at radius 2 is 1.52 bits per heavy atom. The van der Waals surface area contributed by atoms with Crippen molar-refractivity contribution in [3.63, 3.8) is 0 Å². The highest BCUT2D eigenvalue weighted by atomic mass is 16.2. The summed E-state index contributed by atoms with van der Waals surface area (Å²) in [5.41, 5.74) is 5.11. The van der Waals surface area contributed by atoms with Crippen LogP contribution in [0.25, 0.3) is 0 Å². The van der Waals surface area contributed by atoms with Gasteiger partial charge >= 0.3 is 0 Å². The second kappa shape index (κ2) is 6.51. The molecule has 1 heterocycles. The summed E-state index contributed by atoms with van der Waals surface area (Å²) in [7, 11) is 0. The standard InChI is InChI=1S/C24H22N2O/c1-24(2,3)17-10-9-11-18(16-17)25-22-20-14-7-8-15-21(20)26(23(22)27)19-12-5-4-6-13-19/h4-16H,1-3H3. The van der Waals surface area contributed by atoms with E-state index in [4.69, 9.17) is 4.99 Å². The van der Waals surface area contributed by atoms with E-state index >= 15 is 0 Å². The lowest BCUT2D eigenvalue weighted by molar-refractivity contribution is -0.111. The summed E-state index contributed by atoms with van der Waals surface area (Å²) in [6.45, 7) is 6.52. The number of rotatable bonds is 2. The molecule has 134 valence electrons. The van der Waals surface area contributed by atoms with Crippen LogP contribution in [0.15, 0.2) is 83.9 Å². The van der Waals surface area contributed by atoms with Gasteiger partial charge in [-0.15, -0.1) is 0 Å². The van der Waals surface area contributed by atoms with Gasteiger partial charge in [-0.1, -0.05) is 69.3 Å². The minimum absolute atomic E-state index is 0.0316. The molecule has 0 N–H and O–H groups in total. The number of benzene rings is 3. The number of amides is 1. The number of aliphatic imine (C=N–C) groups is 1. The van der Waals surface area contributed by atoms with E-state index in [1.807, 2.05) is 66.7 Å². The van der Waals surface area contributed by atoms with Crippen LogP contribution < -0.4 is 4.90 Å². The number of para-hydroxylation sites is 2. The van der Waals surface area contributed by atoms with Crippen LogP contribution in [0.5, 0.6) is 0 Å². The Morgan fingerprint density at radius 1 is 0.815 bits per heavy atom. The predicted molar refractivity (Wildman–Crippen MR) is 111 cm³/mol. The summed E-state index contributed by atoms with van der Waals surface area (Å²) < 4.78 is 0. The second-order valence-electron chi connectivity index (χ2n) is 7.75. The number of carbonyl (C=O) groups is 1. The fourth-order valence-electron chi connectivity index (χ4n) is 3.31. The van der Waals surface area contributed by atoms with Crippen molar-refractivity contribution in [1.29, 1.82) is 0 Å². The van der Waals surface area contributed by atoms with Gasteiger partial charge in [0.05, 0.1) is 11.4 Å². The first-order valence-electron chi connectivity index (χ1n) is 9.13. The van der Waals surface area contributed by atoms with Crippen LogP contribution in [-0.4, -0.2) is 11.6 Å². The molecule has 0 atom stereocenters. The first-order chi connectivity index (χ1) is 12.9. The molecule has 1 amide bonds. The van der Waals surface area contributed by atoms with Crippen LogP contribution in [0.2, 0.25) is 0 Å². The molecule has 0 saturated heterocycles. The summed E-state index contributed by atoms with van der Waals surface area (Å²) >= 11 is 0. The van der Waals surface area contributed by atoms with E-state index in [2.05, 4.69) is 32.9 Å². The van der Waals surface area contributed by atoms with Gasteiger partial charge in [-0.05, 0) is 41.3 Å². The fourth-order valence-corrected chi connectivity index (χ4v) is 3.31. The summed E-state index contributed by atoms with van der Waals surface area (Å²) in [5, 5.41) is 0. The number of fused-ring (bicyclic) bond motifs is 1. The van der Waals surface area contributed by atoms with Crippen molar-refractivity contribution < 1.29 is 4.79 Å². The van der Waals surface area contributed by atoms with E-state index in [1.165, 1.54) is 5.56 Å². The molecule has 1 aliphatic heterocycles. The third-order valence-electron chi connectivity index (χ3n) is 4.77. The Kier molecular flexibility index (Phi) is 4.15. The van der Waals surface area contributed by atoms with Crippen molar-refractivity contribution in [1.82, 2.24) is 0 Å². The Balaban J connectivity index is 1.83. The van der Waals surface area contributed by atoms with Gasteiger partial charge < -0.3 is 0 Å². The highest BCUT2D eigenvalue weighted by Crippen LogP contribution is 2.36. The molecule has 1 aliphatic rings. The first-order valence-corrected chi connectivity index (χ1v) is 9.13. The first kappa shape index (κ1) is 17.2. The number of hydrogen-bond donors (Lipinski definition) is 0. The molecule has 0 radical (unpaired) electrons. The van der Waals surface area contributed by atoms with Crippen molar-refractivity contribution in [2.45, 2.75) is 26.2 Å². The van der Waals surface area contributed by atoms with Crippen LogP contribution in [0.3, 0.4) is 0 Å². The molecule has 3 nitrogen and oxygen atoms in total. The number of carbonyl (C=O) groups excluding carboxylic acids is 1. The molecule has 0 aliphatic carbocycles. The Hall–Kier alpha value is -3.20. The van der Waals surface area contributed by atoms with Gasteiger partial charge in [0.15, 0.2) is 0 Å². The van der Waals surface area contributed by atoms with Gasteiger partial charge in [0.1, 0.15) is 5.71 Å². The zero-order valence-electron chi connectivity index (χ0n) is 15.8. The lowest BCUT2D eigenvalue weighted by Crippen LogP contribution is -2.25. The molecule has 0 spiro atoms. The topological polar surface area (TPSA) is 32.7 Å². The SMILES string of the molecule is CC(C)(C)c1cccc(N=C2C(=O)N(c3ccccc3)c3ccccc32)c1. The highest BCUT2D eigenvalue weighted by molar-refractivity contribution is 6.56. The molecule has 0 aromatic heterocycles. The van der Waals surface area contributed by atoms with E-state index in [-0.39, 0.29) is 11.3 Å². The minimum atomic E-state index is -0.0939. The van der Waals surface area contributed by atoms with E-state index < -0.39 is 0 Å². The lowest BCUT2D eigenvalue weighted by Gasteiger charge is -2.19. The van der Waals surface area contributed by atoms with E-state index in [1.54, 1.807) is 4.90 Å². The molecule has 3 aromatic carbocycles. The molecule has 27 heavy (non-hydrogen) atoms. The van der Waals surface area contributed by atoms with Crippen LogP contribution >= 0.6 is 0 Å². The molecule has 3 heteroatoms. The van der Waals surface area contributed by atoms with Gasteiger partial charge in [-0.25, -0.2) is 4.99 Å². The molecule has 0 saturated carbocycles. The molecular weight excluding hydrogens is 332 g/mol. The largest absolute Gasteiger partial charge is 0.282 e. The average Bonchev–Trinajstić information content (AvgIpc) is 2.94. The Morgan fingerprint density at radius 3 is 2.26 bits per heavy atom. The highest BCUT2D eigenvalue weighted by Gasteiger charge is 2.34. The van der Waals surface area contributed by atoms with Crippen molar-refractivity contribution >= 4 is 28.7 Å². The van der Waals surface area contributed by atoms with E-state index in [0.29, 0.717) is 5.71 Å². The van der Waals surface area contributed by atoms with E-state index in [0.717, 1.165) is 22.6 Å². The molecular formula is C24H22N2O. The number of hydrogen-bond acceptors (Lipinski definition) is 2. The van der Waals surface area contributed by atoms with Crippen LogP contribution in [-0.2, 0) is 10.2 Å². The van der Waals surface area contributed by atoms with Gasteiger partial charge in [-0.3, -0.25) is 9.69 Å². The number of anilines is 2. The Labute approximate surface area is 160 Å². The smallest absolute Gasteiger partial charge is 0.275 e. The lowest BCUT2D eigenvalue weighted by atomic mass is 9.87. The predicted octanol–water partition coefficient (Wildman–Crippen LogP) is 5.78. The van der Waals surface area contributed by atoms with Crippen molar-refractivity contribution in [3.05, 3.63) is 90.0 Å².